The topological polar surface area (TPSA) is 0 Å². The third-order valence-electron chi connectivity index (χ3n) is 1.95. The zero-order valence-corrected chi connectivity index (χ0v) is 8.94. The summed E-state index contributed by atoms with van der Waals surface area (Å²) < 4.78 is 0. The van der Waals surface area contributed by atoms with Crippen molar-refractivity contribution in [2.24, 2.45) is 5.41 Å². The molecule has 0 aliphatic heterocycles. The maximum Gasteiger partial charge on any atom is -0.0129 e. The molecule has 0 unspecified atom stereocenters. The summed E-state index contributed by atoms with van der Waals surface area (Å²) in [7, 11) is 0. The van der Waals surface area contributed by atoms with E-state index >= 15 is 0 Å². The zero-order valence-electron chi connectivity index (χ0n) is 8.94. The lowest BCUT2D eigenvalue weighted by Crippen LogP contribution is -2.10. The molecule has 68 valence electrons. The van der Waals surface area contributed by atoms with E-state index in [9.17, 15) is 0 Å². The average molecular weight is 164 g/mol. The van der Waals surface area contributed by atoms with E-state index in [1.165, 1.54) is 11.1 Å². The Balaban J connectivity index is 4.95. The van der Waals surface area contributed by atoms with Crippen molar-refractivity contribution in [3.8, 4) is 0 Å². The highest BCUT2D eigenvalue weighted by molar-refractivity contribution is 5.35. The van der Waals surface area contributed by atoms with Gasteiger partial charge in [-0.3, -0.25) is 0 Å². The molecule has 0 amide bonds. The molecule has 0 fully saturated rings. The molecule has 0 nitrogen and oxygen atoms in total. The van der Waals surface area contributed by atoms with Crippen LogP contribution in [0.1, 0.15) is 34.6 Å². The first-order valence-electron chi connectivity index (χ1n) is 4.40. The third kappa shape index (κ3) is 3.08. The van der Waals surface area contributed by atoms with Gasteiger partial charge in [0, 0.05) is 0 Å². The highest BCUT2D eigenvalue weighted by Crippen LogP contribution is 2.30. The molecule has 0 aromatic rings. The molecular weight excluding hydrogens is 144 g/mol. The number of hydrogen-bond acceptors (Lipinski definition) is 0. The standard InChI is InChI=1S/C12H20/c1-7-9-11(10(3)8-2)12(4,5)6/h7-9H,1H2,2-6H3/b10-8-,11-9+. The molecule has 0 atom stereocenters. The van der Waals surface area contributed by atoms with Crippen molar-refractivity contribution in [3.05, 3.63) is 36.0 Å². The van der Waals surface area contributed by atoms with Crippen LogP contribution in [0.2, 0.25) is 0 Å². The Hall–Kier alpha value is -0.780. The van der Waals surface area contributed by atoms with Gasteiger partial charge in [-0.15, -0.1) is 0 Å². The van der Waals surface area contributed by atoms with Crippen molar-refractivity contribution >= 4 is 0 Å². The Morgan fingerprint density at radius 3 is 2.00 bits per heavy atom. The fourth-order valence-electron chi connectivity index (χ4n) is 1.25. The van der Waals surface area contributed by atoms with Gasteiger partial charge in [0.05, 0.1) is 0 Å². The van der Waals surface area contributed by atoms with E-state index in [-0.39, 0.29) is 5.41 Å². The highest BCUT2D eigenvalue weighted by atomic mass is 14.2. The Labute approximate surface area is 76.7 Å². The zero-order chi connectivity index (χ0) is 9.78. The van der Waals surface area contributed by atoms with Crippen molar-refractivity contribution in [2.75, 3.05) is 0 Å². The monoisotopic (exact) mass is 164 g/mol. The van der Waals surface area contributed by atoms with Crippen LogP contribution in [0.3, 0.4) is 0 Å². The average Bonchev–Trinajstić information content (AvgIpc) is 1.96. The molecule has 0 radical (unpaired) electrons. The normalized spacial score (nSPS) is 14.8. The van der Waals surface area contributed by atoms with Crippen LogP contribution in [0.5, 0.6) is 0 Å². The van der Waals surface area contributed by atoms with E-state index < -0.39 is 0 Å². The Morgan fingerprint density at radius 2 is 1.75 bits per heavy atom. The fraction of sp³-hybridized carbons (Fsp3) is 0.500. The third-order valence-corrected chi connectivity index (χ3v) is 1.95. The summed E-state index contributed by atoms with van der Waals surface area (Å²) in [6.07, 6.45) is 6.09. The van der Waals surface area contributed by atoms with Gasteiger partial charge >= 0.3 is 0 Å². The van der Waals surface area contributed by atoms with Gasteiger partial charge in [0.15, 0.2) is 0 Å². The minimum atomic E-state index is 0.213. The highest BCUT2D eigenvalue weighted by Gasteiger charge is 2.16. The van der Waals surface area contributed by atoms with E-state index in [1.807, 2.05) is 6.08 Å². The Kier molecular flexibility index (Phi) is 4.02. The predicted molar refractivity (Wildman–Crippen MR) is 57.2 cm³/mol. The van der Waals surface area contributed by atoms with Gasteiger partial charge in [-0.1, -0.05) is 51.2 Å². The van der Waals surface area contributed by atoms with E-state index in [1.54, 1.807) is 0 Å². The van der Waals surface area contributed by atoms with Crippen molar-refractivity contribution in [2.45, 2.75) is 34.6 Å². The summed E-state index contributed by atoms with van der Waals surface area (Å²) in [5.74, 6) is 0. The van der Waals surface area contributed by atoms with E-state index in [0.717, 1.165) is 0 Å². The summed E-state index contributed by atoms with van der Waals surface area (Å²) in [5.41, 5.74) is 2.91. The second-order valence-electron chi connectivity index (χ2n) is 4.04. The molecule has 0 bridgehead atoms. The van der Waals surface area contributed by atoms with Gasteiger partial charge in [-0.25, -0.2) is 0 Å². The van der Waals surface area contributed by atoms with Crippen LogP contribution >= 0.6 is 0 Å². The summed E-state index contributed by atoms with van der Waals surface area (Å²) in [4.78, 5) is 0. The number of rotatable bonds is 2. The van der Waals surface area contributed by atoms with Crippen LogP contribution in [0.25, 0.3) is 0 Å². The summed E-state index contributed by atoms with van der Waals surface area (Å²) in [5, 5.41) is 0. The maximum atomic E-state index is 3.73. The van der Waals surface area contributed by atoms with E-state index in [2.05, 4.69) is 53.3 Å². The smallest absolute Gasteiger partial charge is 0.0129 e. The largest absolute Gasteiger partial charge is 0.0991 e. The Morgan fingerprint density at radius 1 is 1.25 bits per heavy atom. The quantitative estimate of drug-likeness (QED) is 0.539. The molecule has 12 heavy (non-hydrogen) atoms. The van der Waals surface area contributed by atoms with Gasteiger partial charge in [0.2, 0.25) is 0 Å². The van der Waals surface area contributed by atoms with Gasteiger partial charge in [0.25, 0.3) is 0 Å². The lowest BCUT2D eigenvalue weighted by Gasteiger charge is -2.23. The fourth-order valence-corrected chi connectivity index (χ4v) is 1.25. The van der Waals surface area contributed by atoms with Gasteiger partial charge in [-0.05, 0) is 24.8 Å². The first-order chi connectivity index (χ1) is 5.43. The molecule has 0 saturated carbocycles. The van der Waals surface area contributed by atoms with Crippen molar-refractivity contribution in [3.63, 3.8) is 0 Å². The molecule has 0 saturated heterocycles. The number of hydrogen-bond donors (Lipinski definition) is 0. The van der Waals surface area contributed by atoms with Crippen LogP contribution in [0, 0.1) is 5.41 Å². The Bertz CT molecular complexity index is 209. The van der Waals surface area contributed by atoms with Crippen LogP contribution in [0.15, 0.2) is 36.0 Å². The van der Waals surface area contributed by atoms with Crippen LogP contribution in [-0.2, 0) is 0 Å². The SMILES string of the molecule is C=C/C=C(\C(C)=C/C)C(C)(C)C. The molecule has 0 aromatic heterocycles. The molecule has 0 aromatic carbocycles. The molecule has 0 aliphatic carbocycles. The predicted octanol–water partition coefficient (Wildman–Crippen LogP) is 4.11. The van der Waals surface area contributed by atoms with Gasteiger partial charge < -0.3 is 0 Å². The lowest BCUT2D eigenvalue weighted by molar-refractivity contribution is 0.510. The second kappa shape index (κ2) is 4.30. The first kappa shape index (κ1) is 11.2. The van der Waals surface area contributed by atoms with Gasteiger partial charge in [-0.2, -0.15) is 0 Å². The molecule has 0 heteroatoms. The van der Waals surface area contributed by atoms with E-state index in [4.69, 9.17) is 0 Å². The van der Waals surface area contributed by atoms with Crippen molar-refractivity contribution in [1.29, 1.82) is 0 Å². The van der Waals surface area contributed by atoms with Gasteiger partial charge in [0.1, 0.15) is 0 Å². The number of allylic oxidation sites excluding steroid dienone is 5. The molecule has 0 aliphatic rings. The molecule has 0 N–H and O–H groups in total. The summed E-state index contributed by atoms with van der Waals surface area (Å²) >= 11 is 0. The minimum Gasteiger partial charge on any atom is -0.0991 e. The lowest BCUT2D eigenvalue weighted by atomic mass is 9.82. The van der Waals surface area contributed by atoms with Crippen molar-refractivity contribution < 1.29 is 0 Å². The van der Waals surface area contributed by atoms with Crippen molar-refractivity contribution in [1.82, 2.24) is 0 Å². The maximum absolute atomic E-state index is 3.73. The molecule has 0 spiro atoms. The molecule has 0 rings (SSSR count). The van der Waals surface area contributed by atoms with E-state index in [0.29, 0.717) is 0 Å². The van der Waals surface area contributed by atoms with Crippen LogP contribution < -0.4 is 0 Å². The minimum absolute atomic E-state index is 0.213. The first-order valence-corrected chi connectivity index (χ1v) is 4.40. The summed E-state index contributed by atoms with van der Waals surface area (Å²) in [6.45, 7) is 14.6. The summed E-state index contributed by atoms with van der Waals surface area (Å²) in [6, 6.07) is 0. The molecular formula is C12H20. The van der Waals surface area contributed by atoms with Crippen LogP contribution in [0.4, 0.5) is 0 Å². The van der Waals surface area contributed by atoms with Crippen LogP contribution in [-0.4, -0.2) is 0 Å². The second-order valence-corrected chi connectivity index (χ2v) is 4.04. The molecule has 0 heterocycles.